The Balaban J connectivity index is 1.86. The van der Waals surface area contributed by atoms with Crippen LogP contribution in [-0.4, -0.2) is 18.4 Å². The van der Waals surface area contributed by atoms with Crippen molar-refractivity contribution in [1.82, 2.24) is 0 Å². The zero-order chi connectivity index (χ0) is 12.4. The Bertz CT molecular complexity index is 371. The van der Waals surface area contributed by atoms with Crippen LogP contribution in [0, 0.1) is 0 Å². The highest BCUT2D eigenvalue weighted by molar-refractivity contribution is 7.74. The van der Waals surface area contributed by atoms with Gasteiger partial charge in [0.2, 0.25) is 0 Å². The molecule has 2 saturated carbocycles. The van der Waals surface area contributed by atoms with Crippen molar-refractivity contribution in [3.63, 3.8) is 0 Å². The molecule has 0 spiro atoms. The fourth-order valence-electron chi connectivity index (χ4n) is 2.16. The fraction of sp³-hybridized carbons (Fsp3) is 0.600. The van der Waals surface area contributed by atoms with E-state index in [4.69, 9.17) is 9.05 Å². The summed E-state index contributed by atoms with van der Waals surface area (Å²) in [7, 11) is -1.84. The van der Waals surface area contributed by atoms with Gasteiger partial charge in [-0.15, -0.1) is 0 Å². The molecule has 0 bridgehead atoms. The minimum absolute atomic E-state index is 0.462. The number of hydrogen-bond donors (Lipinski definition) is 0. The summed E-state index contributed by atoms with van der Waals surface area (Å²) in [4.78, 5) is 0. The van der Waals surface area contributed by atoms with E-state index in [0.717, 1.165) is 12.6 Å². The smallest absolute Gasteiger partial charge is 0.198 e. The van der Waals surface area contributed by atoms with Gasteiger partial charge in [-0.3, -0.25) is 0 Å². The largest absolute Gasteiger partial charge is 0.307 e. The van der Waals surface area contributed by atoms with E-state index in [1.54, 1.807) is 0 Å². The van der Waals surface area contributed by atoms with Crippen molar-refractivity contribution < 1.29 is 9.05 Å². The molecule has 18 heavy (non-hydrogen) atoms. The van der Waals surface area contributed by atoms with Crippen LogP contribution in [0.25, 0.3) is 0 Å². The van der Waals surface area contributed by atoms with Gasteiger partial charge in [-0.05, 0) is 44.2 Å². The van der Waals surface area contributed by atoms with Crippen LogP contribution in [0.15, 0.2) is 30.3 Å². The summed E-state index contributed by atoms with van der Waals surface area (Å²) in [6, 6.07) is 10.7. The highest BCUT2D eigenvalue weighted by atomic mass is 31.2. The molecule has 3 heteroatoms. The first kappa shape index (κ1) is 12.6. The van der Waals surface area contributed by atoms with E-state index in [2.05, 4.69) is 37.3 Å². The highest BCUT2D eigenvalue weighted by Crippen LogP contribution is 2.65. The monoisotopic (exact) mass is 265 g/mol. The second kappa shape index (κ2) is 5.28. The highest BCUT2D eigenvalue weighted by Gasteiger charge is 2.52. The van der Waals surface area contributed by atoms with E-state index in [1.165, 1.54) is 31.0 Å². The molecule has 0 aromatic heterocycles. The van der Waals surface area contributed by atoms with Crippen LogP contribution in [-0.2, 0) is 9.05 Å². The molecule has 0 unspecified atom stereocenters. The molecule has 1 aromatic carbocycles. The van der Waals surface area contributed by atoms with Crippen molar-refractivity contribution in [3.8, 4) is 0 Å². The summed E-state index contributed by atoms with van der Waals surface area (Å²) >= 11 is 0. The molecule has 98 valence electrons. The molecule has 3 rings (SSSR count). The average molecular weight is 265 g/mol. The van der Waals surface area contributed by atoms with E-state index < -0.39 is 7.72 Å². The SMILES string of the molecule is CCC[P+](OC1CC1)(OC1CC1)c1ccccc1. The minimum Gasteiger partial charge on any atom is -0.198 e. The summed E-state index contributed by atoms with van der Waals surface area (Å²) in [5.74, 6) is 0. The number of benzene rings is 1. The Hall–Kier alpha value is -0.430. The first-order chi connectivity index (χ1) is 8.82. The van der Waals surface area contributed by atoms with Crippen LogP contribution in [0.1, 0.15) is 39.0 Å². The van der Waals surface area contributed by atoms with Crippen molar-refractivity contribution in [2.75, 3.05) is 6.16 Å². The molecule has 2 nitrogen and oxygen atoms in total. The van der Waals surface area contributed by atoms with Gasteiger partial charge in [0.05, 0.1) is 0 Å². The Morgan fingerprint density at radius 1 is 1.00 bits per heavy atom. The van der Waals surface area contributed by atoms with E-state index in [1.807, 2.05) is 0 Å². The maximum Gasteiger partial charge on any atom is 0.307 e. The maximum atomic E-state index is 6.42. The number of rotatable bonds is 7. The van der Waals surface area contributed by atoms with Crippen LogP contribution >= 0.6 is 7.72 Å². The van der Waals surface area contributed by atoms with Crippen molar-refractivity contribution in [1.29, 1.82) is 0 Å². The molecule has 0 N–H and O–H groups in total. The molecule has 0 aliphatic heterocycles. The Morgan fingerprint density at radius 3 is 2.00 bits per heavy atom. The minimum atomic E-state index is -1.84. The lowest BCUT2D eigenvalue weighted by atomic mass is 10.4. The normalized spacial score (nSPS) is 20.1. The molecule has 0 amide bonds. The predicted octanol–water partition coefficient (Wildman–Crippen LogP) is 3.93. The molecule has 2 fully saturated rings. The summed E-state index contributed by atoms with van der Waals surface area (Å²) in [6.07, 6.45) is 7.97. The maximum absolute atomic E-state index is 6.42. The average Bonchev–Trinajstić information content (AvgIpc) is 3.27. The molecule has 1 aromatic rings. The molecule has 0 radical (unpaired) electrons. The molecule has 2 aliphatic rings. The quantitative estimate of drug-likeness (QED) is 0.695. The lowest BCUT2D eigenvalue weighted by Gasteiger charge is -2.23. The topological polar surface area (TPSA) is 18.5 Å². The standard InChI is InChI=1S/C15H22O2P/c1-2-12-18(16-13-8-9-13,17-14-10-11-14)15-6-4-3-5-7-15/h3-7,13-14H,2,8-12H2,1H3/q+1. The van der Waals surface area contributed by atoms with E-state index in [0.29, 0.717) is 12.2 Å². The summed E-state index contributed by atoms with van der Waals surface area (Å²) < 4.78 is 12.8. The van der Waals surface area contributed by atoms with Gasteiger partial charge in [-0.1, -0.05) is 25.1 Å². The fourth-order valence-corrected chi connectivity index (χ4v) is 5.52. The third-order valence-corrected chi connectivity index (χ3v) is 6.75. The van der Waals surface area contributed by atoms with Crippen LogP contribution < -0.4 is 5.30 Å². The van der Waals surface area contributed by atoms with Crippen molar-refractivity contribution in [3.05, 3.63) is 30.3 Å². The van der Waals surface area contributed by atoms with Gasteiger partial charge in [-0.2, -0.15) is 9.05 Å². The van der Waals surface area contributed by atoms with Gasteiger partial charge in [0.25, 0.3) is 0 Å². The van der Waals surface area contributed by atoms with E-state index >= 15 is 0 Å². The van der Waals surface area contributed by atoms with Gasteiger partial charge < -0.3 is 0 Å². The molecule has 0 heterocycles. The second-order valence-corrected chi connectivity index (χ2v) is 8.07. The molecular formula is C15H22O2P+. The van der Waals surface area contributed by atoms with Gasteiger partial charge in [-0.25, -0.2) is 0 Å². The van der Waals surface area contributed by atoms with E-state index in [9.17, 15) is 0 Å². The van der Waals surface area contributed by atoms with Gasteiger partial charge in [0, 0.05) is 0 Å². The second-order valence-electron chi connectivity index (χ2n) is 5.34. The Kier molecular flexibility index (Phi) is 3.70. The van der Waals surface area contributed by atoms with Gasteiger partial charge >= 0.3 is 7.72 Å². The lowest BCUT2D eigenvalue weighted by Crippen LogP contribution is -2.21. The van der Waals surface area contributed by atoms with Crippen LogP contribution in [0.3, 0.4) is 0 Å². The summed E-state index contributed by atoms with van der Waals surface area (Å²) in [5, 5.41) is 1.30. The molecule has 0 atom stereocenters. The zero-order valence-corrected chi connectivity index (χ0v) is 11.9. The molecular weight excluding hydrogens is 243 g/mol. The van der Waals surface area contributed by atoms with Crippen LogP contribution in [0.5, 0.6) is 0 Å². The Morgan fingerprint density at radius 2 is 1.56 bits per heavy atom. The van der Waals surface area contributed by atoms with Crippen molar-refractivity contribution in [2.45, 2.75) is 51.2 Å². The first-order valence-corrected chi connectivity index (χ1v) is 8.94. The zero-order valence-electron chi connectivity index (χ0n) is 11.0. The Labute approximate surface area is 110 Å². The van der Waals surface area contributed by atoms with Crippen LogP contribution in [0.4, 0.5) is 0 Å². The van der Waals surface area contributed by atoms with Gasteiger partial charge in [0.1, 0.15) is 18.4 Å². The lowest BCUT2D eigenvalue weighted by molar-refractivity contribution is 0.221. The molecule has 2 aliphatic carbocycles. The van der Waals surface area contributed by atoms with Gasteiger partial charge in [0.15, 0.2) is 5.30 Å². The van der Waals surface area contributed by atoms with E-state index in [-0.39, 0.29) is 0 Å². The molecule has 0 saturated heterocycles. The van der Waals surface area contributed by atoms with Crippen molar-refractivity contribution in [2.24, 2.45) is 0 Å². The van der Waals surface area contributed by atoms with Crippen molar-refractivity contribution >= 4 is 13.0 Å². The summed E-state index contributed by atoms with van der Waals surface area (Å²) in [6.45, 7) is 2.23. The van der Waals surface area contributed by atoms with Crippen LogP contribution in [0.2, 0.25) is 0 Å². The predicted molar refractivity (Wildman–Crippen MR) is 76.4 cm³/mol. The number of hydrogen-bond acceptors (Lipinski definition) is 2. The third kappa shape index (κ3) is 2.93. The summed E-state index contributed by atoms with van der Waals surface area (Å²) in [5.41, 5.74) is 0. The first-order valence-electron chi connectivity index (χ1n) is 7.13. The third-order valence-electron chi connectivity index (χ3n) is 3.36.